The fourth-order valence-electron chi connectivity index (χ4n) is 2.83. The van der Waals surface area contributed by atoms with Crippen LogP contribution in [0.15, 0.2) is 6.07 Å². The fraction of sp³-hybridized carbons (Fsp3) is 0.667. The Morgan fingerprint density at radius 3 is 2.37 bits per heavy atom. The largest absolute Gasteiger partial charge is 0.351 e. The van der Waals surface area contributed by atoms with Crippen molar-refractivity contribution in [3.63, 3.8) is 0 Å². The molecule has 0 aromatic carbocycles. The summed E-state index contributed by atoms with van der Waals surface area (Å²) < 4.78 is 24.6. The molecular weight excluding hydrogens is 386 g/mol. The molecule has 9 heteroatoms. The van der Waals surface area contributed by atoms with E-state index in [-0.39, 0.29) is 17.7 Å². The first kappa shape index (κ1) is 21.8. The molecule has 0 radical (unpaired) electrons. The lowest BCUT2D eigenvalue weighted by atomic mass is 9.96. The van der Waals surface area contributed by atoms with Crippen LogP contribution in [0.5, 0.6) is 0 Å². The van der Waals surface area contributed by atoms with Gasteiger partial charge in [0.1, 0.15) is 0 Å². The van der Waals surface area contributed by atoms with Gasteiger partial charge in [-0.3, -0.25) is 9.59 Å². The van der Waals surface area contributed by atoms with E-state index in [0.717, 1.165) is 18.4 Å². The van der Waals surface area contributed by atoms with Crippen LogP contribution in [-0.2, 0) is 14.8 Å². The van der Waals surface area contributed by atoms with Crippen molar-refractivity contribution in [3.8, 4) is 0 Å². The Balaban J connectivity index is 1.89. The van der Waals surface area contributed by atoms with Gasteiger partial charge in [0.15, 0.2) is 0 Å². The number of carbonyl (C=O) groups excluding carboxylic acids is 2. The summed E-state index contributed by atoms with van der Waals surface area (Å²) in [5.74, 6) is 0.0277. The summed E-state index contributed by atoms with van der Waals surface area (Å²) in [7, 11) is -3.13. The summed E-state index contributed by atoms with van der Waals surface area (Å²) in [5.41, 5.74) is 0.329. The third kappa shape index (κ3) is 6.02. The summed E-state index contributed by atoms with van der Waals surface area (Å²) in [5, 5.41) is 6.48. The molecule has 0 saturated carbocycles. The van der Waals surface area contributed by atoms with E-state index < -0.39 is 15.4 Å². The monoisotopic (exact) mass is 415 g/mol. The zero-order valence-corrected chi connectivity index (χ0v) is 18.2. The quantitative estimate of drug-likeness (QED) is 0.772. The van der Waals surface area contributed by atoms with E-state index in [1.807, 2.05) is 33.8 Å². The van der Waals surface area contributed by atoms with Crippen molar-refractivity contribution >= 4 is 38.2 Å². The third-order valence-electron chi connectivity index (χ3n) is 4.64. The molecule has 1 fully saturated rings. The maximum absolute atomic E-state index is 12.5. The molecule has 1 aromatic rings. The summed E-state index contributed by atoms with van der Waals surface area (Å²) in [6.07, 6.45) is 2.71. The molecule has 0 spiro atoms. The van der Waals surface area contributed by atoms with Gasteiger partial charge in [-0.2, -0.15) is 0 Å². The smallest absolute Gasteiger partial charge is 0.261 e. The van der Waals surface area contributed by atoms with Crippen LogP contribution in [0.3, 0.4) is 0 Å². The lowest BCUT2D eigenvalue weighted by Crippen LogP contribution is -2.41. The molecule has 152 valence electrons. The number of amides is 2. The molecule has 0 bridgehead atoms. The number of hydrogen-bond acceptors (Lipinski definition) is 5. The highest BCUT2D eigenvalue weighted by atomic mass is 32.2. The Kier molecular flexibility index (Phi) is 6.70. The number of hydrogen-bond donors (Lipinski definition) is 2. The summed E-state index contributed by atoms with van der Waals surface area (Å²) >= 11 is 1.27. The van der Waals surface area contributed by atoms with Gasteiger partial charge in [-0.05, 0) is 37.3 Å². The van der Waals surface area contributed by atoms with Gasteiger partial charge in [-0.15, -0.1) is 11.3 Å². The Morgan fingerprint density at radius 2 is 1.85 bits per heavy atom. The van der Waals surface area contributed by atoms with E-state index in [4.69, 9.17) is 0 Å². The molecule has 2 N–H and O–H groups in total. The van der Waals surface area contributed by atoms with Crippen LogP contribution >= 0.6 is 11.3 Å². The molecule has 27 heavy (non-hydrogen) atoms. The lowest BCUT2D eigenvalue weighted by molar-refractivity contribution is -0.123. The standard InChI is InChI=1S/C18H29N3O4S2/c1-12-10-14(20-17(23)18(2,3)4)26-15(12)16(22)19-11-13-6-8-21(9-7-13)27(5,24)25/h10,13H,6-9,11H2,1-5H3,(H,19,22)(H,20,23). The average molecular weight is 416 g/mol. The highest BCUT2D eigenvalue weighted by Crippen LogP contribution is 2.28. The van der Waals surface area contributed by atoms with Gasteiger partial charge < -0.3 is 10.6 Å². The topological polar surface area (TPSA) is 95.6 Å². The van der Waals surface area contributed by atoms with E-state index in [0.29, 0.717) is 29.5 Å². The van der Waals surface area contributed by atoms with Crippen LogP contribution in [0.2, 0.25) is 0 Å². The van der Waals surface area contributed by atoms with Crippen LogP contribution in [0.1, 0.15) is 48.8 Å². The van der Waals surface area contributed by atoms with Crippen molar-refractivity contribution in [2.45, 2.75) is 40.5 Å². The van der Waals surface area contributed by atoms with Crippen LogP contribution in [0, 0.1) is 18.3 Å². The first-order chi connectivity index (χ1) is 12.4. The fourth-order valence-corrected chi connectivity index (χ4v) is 4.69. The number of thiophene rings is 1. The number of anilines is 1. The van der Waals surface area contributed by atoms with Crippen molar-refractivity contribution in [3.05, 3.63) is 16.5 Å². The van der Waals surface area contributed by atoms with Crippen LogP contribution in [0.25, 0.3) is 0 Å². The highest BCUT2D eigenvalue weighted by molar-refractivity contribution is 7.88. The molecule has 0 atom stereocenters. The molecular formula is C18H29N3O4S2. The van der Waals surface area contributed by atoms with Crippen molar-refractivity contribution in [2.24, 2.45) is 11.3 Å². The molecule has 0 aliphatic carbocycles. The molecule has 7 nitrogen and oxygen atoms in total. The molecule has 2 rings (SSSR count). The summed E-state index contributed by atoms with van der Waals surface area (Å²) in [4.78, 5) is 25.2. The number of nitrogens with zero attached hydrogens (tertiary/aromatic N) is 1. The number of aryl methyl sites for hydroxylation is 1. The van der Waals surface area contributed by atoms with Crippen molar-refractivity contribution in [2.75, 3.05) is 31.2 Å². The minimum absolute atomic E-state index is 0.0895. The molecule has 1 aliphatic rings. The predicted octanol–water partition coefficient (Wildman–Crippen LogP) is 2.44. The van der Waals surface area contributed by atoms with E-state index >= 15 is 0 Å². The van der Waals surface area contributed by atoms with E-state index in [1.165, 1.54) is 21.9 Å². The second-order valence-corrected chi connectivity index (χ2v) is 11.2. The van der Waals surface area contributed by atoms with Crippen LogP contribution < -0.4 is 10.6 Å². The Morgan fingerprint density at radius 1 is 1.26 bits per heavy atom. The van der Waals surface area contributed by atoms with Gasteiger partial charge >= 0.3 is 0 Å². The zero-order chi connectivity index (χ0) is 20.4. The van der Waals surface area contributed by atoms with Gasteiger partial charge in [-0.25, -0.2) is 12.7 Å². The van der Waals surface area contributed by atoms with Crippen molar-refractivity contribution in [1.82, 2.24) is 9.62 Å². The normalized spacial score (nSPS) is 16.9. The highest BCUT2D eigenvalue weighted by Gasteiger charge is 2.26. The van der Waals surface area contributed by atoms with Crippen molar-refractivity contribution in [1.29, 1.82) is 0 Å². The minimum Gasteiger partial charge on any atom is -0.351 e. The maximum Gasteiger partial charge on any atom is 0.261 e. The Labute approximate surface area is 165 Å². The average Bonchev–Trinajstić information content (AvgIpc) is 2.91. The summed E-state index contributed by atoms with van der Waals surface area (Å²) in [6, 6.07) is 1.81. The molecule has 0 unspecified atom stereocenters. The zero-order valence-electron chi connectivity index (χ0n) is 16.6. The number of nitrogens with one attached hydrogen (secondary N) is 2. The molecule has 2 amide bonds. The molecule has 2 heterocycles. The number of sulfonamides is 1. The Bertz CT molecular complexity index is 801. The second kappa shape index (κ2) is 8.28. The second-order valence-electron chi connectivity index (χ2n) is 8.14. The summed E-state index contributed by atoms with van der Waals surface area (Å²) in [6.45, 7) is 8.89. The third-order valence-corrected chi connectivity index (χ3v) is 7.09. The molecule has 1 aromatic heterocycles. The maximum atomic E-state index is 12.5. The van der Waals surface area contributed by atoms with Crippen LogP contribution in [0.4, 0.5) is 5.00 Å². The number of carbonyl (C=O) groups is 2. The van der Waals surface area contributed by atoms with E-state index in [9.17, 15) is 18.0 Å². The lowest BCUT2D eigenvalue weighted by Gasteiger charge is -2.30. The van der Waals surface area contributed by atoms with Crippen molar-refractivity contribution < 1.29 is 18.0 Å². The van der Waals surface area contributed by atoms with Gasteiger partial charge in [-0.1, -0.05) is 20.8 Å². The Hall–Kier alpha value is -1.45. The van der Waals surface area contributed by atoms with Crippen LogP contribution in [-0.4, -0.2) is 50.4 Å². The first-order valence-electron chi connectivity index (χ1n) is 9.03. The predicted molar refractivity (Wildman–Crippen MR) is 109 cm³/mol. The number of piperidine rings is 1. The van der Waals surface area contributed by atoms with E-state index in [2.05, 4.69) is 10.6 Å². The number of rotatable bonds is 5. The van der Waals surface area contributed by atoms with Gasteiger partial charge in [0, 0.05) is 25.0 Å². The van der Waals surface area contributed by atoms with Gasteiger partial charge in [0.05, 0.1) is 16.1 Å². The minimum atomic E-state index is -3.13. The molecule has 1 aliphatic heterocycles. The van der Waals surface area contributed by atoms with Gasteiger partial charge in [0.2, 0.25) is 15.9 Å². The van der Waals surface area contributed by atoms with Gasteiger partial charge in [0.25, 0.3) is 5.91 Å². The first-order valence-corrected chi connectivity index (χ1v) is 11.7. The molecule has 1 saturated heterocycles. The van der Waals surface area contributed by atoms with E-state index in [1.54, 1.807) is 0 Å². The SMILES string of the molecule is Cc1cc(NC(=O)C(C)(C)C)sc1C(=O)NCC1CCN(S(C)(=O)=O)CC1.